The van der Waals surface area contributed by atoms with Gasteiger partial charge in [-0.05, 0) is 25.8 Å². The van der Waals surface area contributed by atoms with Crippen molar-refractivity contribution in [1.29, 1.82) is 0 Å². The predicted octanol–water partition coefficient (Wildman–Crippen LogP) is 2.03. The molecule has 5 heteroatoms. The van der Waals surface area contributed by atoms with Gasteiger partial charge >= 0.3 is 0 Å². The minimum Gasteiger partial charge on any atom is -0.392 e. The number of nitrogens with zero attached hydrogens (tertiary/aromatic N) is 2. The molecule has 1 heterocycles. The molecule has 0 spiro atoms. The van der Waals surface area contributed by atoms with Crippen LogP contribution < -0.4 is 5.32 Å². The Bertz CT molecular complexity index is 513. The zero-order valence-electron chi connectivity index (χ0n) is 15.8. The lowest BCUT2D eigenvalue weighted by Crippen LogP contribution is -2.54. The van der Waals surface area contributed by atoms with E-state index in [9.17, 15) is 9.90 Å². The van der Waals surface area contributed by atoms with Crippen LogP contribution in [0.3, 0.4) is 0 Å². The quantitative estimate of drug-likeness (QED) is 0.755. The standard InChI is InChI=1S/C20H33N3O2/c1-4-8-19(18-9-6-5-7-10-18)21-20(25)17(3)23-13-11-22(12-14-23)15-16(2)24/h5-7,9-10,16-17,19,24H,4,8,11-15H2,1-3H3,(H,21,25)/t16-,17+,19-/m0/s1. The molecule has 0 bridgehead atoms. The van der Waals surface area contributed by atoms with E-state index in [0.29, 0.717) is 6.54 Å². The molecule has 1 aromatic rings. The van der Waals surface area contributed by atoms with Crippen LogP contribution in [0.25, 0.3) is 0 Å². The molecule has 0 unspecified atom stereocenters. The van der Waals surface area contributed by atoms with Crippen molar-refractivity contribution in [1.82, 2.24) is 15.1 Å². The van der Waals surface area contributed by atoms with Crippen LogP contribution in [-0.2, 0) is 4.79 Å². The summed E-state index contributed by atoms with van der Waals surface area (Å²) in [6.45, 7) is 10.2. The number of rotatable bonds is 8. The van der Waals surface area contributed by atoms with E-state index in [2.05, 4.69) is 34.2 Å². The summed E-state index contributed by atoms with van der Waals surface area (Å²) in [6, 6.07) is 10.2. The van der Waals surface area contributed by atoms with Gasteiger partial charge in [-0.2, -0.15) is 0 Å². The van der Waals surface area contributed by atoms with Gasteiger partial charge in [-0.15, -0.1) is 0 Å². The second-order valence-corrected chi connectivity index (χ2v) is 7.12. The molecule has 0 saturated carbocycles. The number of hydrogen-bond acceptors (Lipinski definition) is 4. The maximum absolute atomic E-state index is 12.8. The first-order valence-electron chi connectivity index (χ1n) is 9.51. The van der Waals surface area contributed by atoms with Crippen molar-refractivity contribution in [2.75, 3.05) is 32.7 Å². The molecule has 2 N–H and O–H groups in total. The molecule has 1 amide bonds. The first kappa shape index (κ1) is 19.9. The maximum Gasteiger partial charge on any atom is 0.237 e. The second-order valence-electron chi connectivity index (χ2n) is 7.12. The van der Waals surface area contributed by atoms with Gasteiger partial charge in [0.05, 0.1) is 18.2 Å². The Morgan fingerprint density at radius 1 is 1.16 bits per heavy atom. The minimum atomic E-state index is -0.298. The monoisotopic (exact) mass is 347 g/mol. The number of aliphatic hydroxyl groups excluding tert-OH is 1. The molecule has 1 aliphatic rings. The summed E-state index contributed by atoms with van der Waals surface area (Å²) in [4.78, 5) is 17.3. The van der Waals surface area contributed by atoms with Crippen LogP contribution in [0.1, 0.15) is 45.2 Å². The Labute approximate surface area is 152 Å². The van der Waals surface area contributed by atoms with Gasteiger partial charge in [0, 0.05) is 32.7 Å². The molecule has 1 aromatic carbocycles. The number of nitrogens with one attached hydrogen (secondary N) is 1. The lowest BCUT2D eigenvalue weighted by molar-refractivity contribution is -0.127. The van der Waals surface area contributed by atoms with E-state index in [4.69, 9.17) is 0 Å². The van der Waals surface area contributed by atoms with E-state index in [0.717, 1.165) is 39.0 Å². The summed E-state index contributed by atoms with van der Waals surface area (Å²) in [6.07, 6.45) is 1.68. The molecule has 1 fully saturated rings. The average Bonchev–Trinajstić information content (AvgIpc) is 2.61. The van der Waals surface area contributed by atoms with Crippen LogP contribution in [0.5, 0.6) is 0 Å². The molecule has 140 valence electrons. The topological polar surface area (TPSA) is 55.8 Å². The van der Waals surface area contributed by atoms with Crippen molar-refractivity contribution >= 4 is 5.91 Å². The third kappa shape index (κ3) is 6.10. The smallest absolute Gasteiger partial charge is 0.237 e. The van der Waals surface area contributed by atoms with E-state index >= 15 is 0 Å². The van der Waals surface area contributed by atoms with E-state index in [1.54, 1.807) is 0 Å². The van der Waals surface area contributed by atoms with Gasteiger partial charge in [0.15, 0.2) is 0 Å². The number of benzene rings is 1. The van der Waals surface area contributed by atoms with Crippen LogP contribution in [0.15, 0.2) is 30.3 Å². The van der Waals surface area contributed by atoms with Crippen LogP contribution in [0.2, 0.25) is 0 Å². The number of β-amino-alcohol motifs (C(OH)–C–C–N with tert-alkyl or cyclic N) is 1. The van der Waals surface area contributed by atoms with Gasteiger partial charge in [0.1, 0.15) is 0 Å². The highest BCUT2D eigenvalue weighted by atomic mass is 16.3. The third-order valence-corrected chi connectivity index (χ3v) is 4.95. The fraction of sp³-hybridized carbons (Fsp3) is 0.650. The molecule has 0 aromatic heterocycles. The lowest BCUT2D eigenvalue weighted by Gasteiger charge is -2.38. The number of amides is 1. The molecule has 25 heavy (non-hydrogen) atoms. The Kier molecular flexibility index (Phi) is 7.88. The summed E-state index contributed by atoms with van der Waals surface area (Å²) in [5, 5.41) is 12.7. The molecule has 1 saturated heterocycles. The number of aliphatic hydroxyl groups is 1. The molecular formula is C20H33N3O2. The average molecular weight is 348 g/mol. The zero-order chi connectivity index (χ0) is 18.2. The van der Waals surface area contributed by atoms with Gasteiger partial charge in [-0.1, -0.05) is 43.7 Å². The first-order chi connectivity index (χ1) is 12.0. The second kappa shape index (κ2) is 9.90. The largest absolute Gasteiger partial charge is 0.392 e. The van der Waals surface area contributed by atoms with Crippen molar-refractivity contribution in [2.24, 2.45) is 0 Å². The number of carbonyl (C=O) groups excluding carboxylic acids is 1. The van der Waals surface area contributed by atoms with Crippen molar-refractivity contribution in [3.63, 3.8) is 0 Å². The predicted molar refractivity (Wildman–Crippen MR) is 101 cm³/mol. The van der Waals surface area contributed by atoms with Gasteiger partial charge < -0.3 is 10.4 Å². The molecule has 3 atom stereocenters. The molecule has 5 nitrogen and oxygen atoms in total. The number of hydrogen-bond donors (Lipinski definition) is 2. The SMILES string of the molecule is CCC[C@H](NC(=O)[C@@H](C)N1CCN(C[C@H](C)O)CC1)c1ccccc1. The van der Waals surface area contributed by atoms with E-state index < -0.39 is 0 Å². The third-order valence-electron chi connectivity index (χ3n) is 4.95. The number of piperazine rings is 1. The summed E-state index contributed by atoms with van der Waals surface area (Å²) in [7, 11) is 0. The van der Waals surface area contributed by atoms with Crippen molar-refractivity contribution in [2.45, 2.75) is 51.8 Å². The molecule has 0 aliphatic carbocycles. The van der Waals surface area contributed by atoms with Gasteiger partial charge in [0.25, 0.3) is 0 Å². The Balaban J connectivity index is 1.88. The van der Waals surface area contributed by atoms with Crippen molar-refractivity contribution < 1.29 is 9.90 Å². The van der Waals surface area contributed by atoms with E-state index in [1.807, 2.05) is 32.0 Å². The molecule has 2 rings (SSSR count). The Morgan fingerprint density at radius 3 is 2.36 bits per heavy atom. The lowest BCUT2D eigenvalue weighted by atomic mass is 10.0. The Hall–Kier alpha value is -1.43. The highest BCUT2D eigenvalue weighted by Crippen LogP contribution is 2.19. The molecule has 0 radical (unpaired) electrons. The summed E-state index contributed by atoms with van der Waals surface area (Å²) in [5.41, 5.74) is 1.17. The van der Waals surface area contributed by atoms with E-state index in [1.165, 1.54) is 5.56 Å². The van der Waals surface area contributed by atoms with Crippen molar-refractivity contribution in [3.05, 3.63) is 35.9 Å². The highest BCUT2D eigenvalue weighted by Gasteiger charge is 2.27. The summed E-state index contributed by atoms with van der Waals surface area (Å²) in [5.74, 6) is 0.103. The van der Waals surface area contributed by atoms with Crippen LogP contribution in [0, 0.1) is 0 Å². The Morgan fingerprint density at radius 2 is 1.80 bits per heavy atom. The van der Waals surface area contributed by atoms with E-state index in [-0.39, 0.29) is 24.1 Å². The van der Waals surface area contributed by atoms with Gasteiger partial charge in [0.2, 0.25) is 5.91 Å². The van der Waals surface area contributed by atoms with Gasteiger partial charge in [-0.25, -0.2) is 0 Å². The number of carbonyl (C=O) groups is 1. The summed E-state index contributed by atoms with van der Waals surface area (Å²) >= 11 is 0. The van der Waals surface area contributed by atoms with Crippen molar-refractivity contribution in [3.8, 4) is 0 Å². The zero-order valence-corrected chi connectivity index (χ0v) is 15.8. The molecular weight excluding hydrogens is 314 g/mol. The maximum atomic E-state index is 12.8. The normalized spacial score (nSPS) is 20.0. The summed E-state index contributed by atoms with van der Waals surface area (Å²) < 4.78 is 0. The van der Waals surface area contributed by atoms with Crippen LogP contribution in [0.4, 0.5) is 0 Å². The minimum absolute atomic E-state index is 0.0812. The highest BCUT2D eigenvalue weighted by molar-refractivity contribution is 5.81. The molecule has 1 aliphatic heterocycles. The fourth-order valence-electron chi connectivity index (χ4n) is 3.46. The van der Waals surface area contributed by atoms with Crippen LogP contribution in [-0.4, -0.2) is 65.7 Å². The van der Waals surface area contributed by atoms with Gasteiger partial charge in [-0.3, -0.25) is 14.6 Å². The first-order valence-corrected chi connectivity index (χ1v) is 9.51. The van der Waals surface area contributed by atoms with Crippen LogP contribution >= 0.6 is 0 Å². The fourth-order valence-corrected chi connectivity index (χ4v) is 3.46.